The van der Waals surface area contributed by atoms with Crippen LogP contribution in [0.4, 0.5) is 15.8 Å². The monoisotopic (exact) mass is 1110 g/mol. The van der Waals surface area contributed by atoms with Gasteiger partial charge in [-0.25, -0.2) is 40.2 Å². The van der Waals surface area contributed by atoms with Crippen molar-refractivity contribution in [1.29, 1.82) is 0 Å². The Kier molecular flexibility index (Phi) is 14.7. The number of anilines is 2. The lowest BCUT2D eigenvalue weighted by Gasteiger charge is -2.22. The molecule has 0 radical (unpaired) electrons. The van der Waals surface area contributed by atoms with Gasteiger partial charge in [-0.05, 0) is 159 Å². The number of carbonyl (C=O) groups is 2. The molecule has 21 heteroatoms. The number of fused-ring (bicyclic) bond motifs is 2. The molecule has 73 heavy (non-hydrogen) atoms. The van der Waals surface area contributed by atoms with E-state index in [1.807, 2.05) is 68.4 Å². The van der Waals surface area contributed by atoms with Crippen molar-refractivity contribution in [1.82, 2.24) is 39.8 Å². The number of aromatic nitrogens is 6. The lowest BCUT2D eigenvalue weighted by atomic mass is 10.0. The number of benzene rings is 3. The number of aryl methyl sites for hydroxylation is 2. The van der Waals surface area contributed by atoms with Gasteiger partial charge in [-0.1, -0.05) is 30.0 Å². The highest BCUT2D eigenvalue weighted by Crippen LogP contribution is 2.34. The summed E-state index contributed by atoms with van der Waals surface area (Å²) in [5, 5.41) is 23.1. The number of sulfone groups is 2. The molecule has 4 aromatic heterocycles. The molecule has 11 rings (SSSR count). The van der Waals surface area contributed by atoms with E-state index in [9.17, 15) is 30.8 Å². The van der Waals surface area contributed by atoms with Gasteiger partial charge in [-0.3, -0.25) is 9.59 Å². The van der Waals surface area contributed by atoms with Crippen molar-refractivity contribution in [2.75, 3.05) is 46.7 Å². The average Bonchev–Trinajstić information content (AvgIpc) is 4.27. The number of halogens is 2. The molecule has 16 nitrogen and oxygen atoms in total. The standard InChI is InChI=1S/C29H30FN5O3S2.C23H26BrN5O3S/c1-18-13-20(5-8-24(18)29(36)33-22-6-7-22)26-17-32-28-25(31-16-19-9-11-40(37,38)12-10-19)15-27(34-35(26)28)39-23-4-2-3-21(30)14-23;1-14-10-16(2-5-18(14)23(30)27-17-3-4-17)20-13-26-22-19(11-21(24)28-29(20)22)25-12-15-6-8-33(31,32)9-7-15/h2-5,8,13-15,17,19,22,31H,6-7,9-12,16H2,1H3,(H,33,36);2,5,10-11,13,15,17,25H,3-4,6-9,12H2,1H3,(H,27,30). The Morgan fingerprint density at radius 3 is 1.59 bits per heavy atom. The molecule has 2 aliphatic carbocycles. The van der Waals surface area contributed by atoms with Crippen LogP contribution in [0.2, 0.25) is 0 Å². The van der Waals surface area contributed by atoms with Crippen LogP contribution < -0.4 is 21.3 Å². The molecule has 7 aromatic rings. The zero-order chi connectivity index (χ0) is 51.0. The molecule has 4 N–H and O–H groups in total. The minimum Gasteiger partial charge on any atom is -0.382 e. The zero-order valence-electron chi connectivity index (χ0n) is 40.4. The van der Waals surface area contributed by atoms with Crippen LogP contribution in [-0.4, -0.2) is 106 Å². The molecular formula is C52H56BrFN10O6S3. The Labute approximate surface area is 436 Å². The first-order valence-electron chi connectivity index (χ1n) is 24.6. The van der Waals surface area contributed by atoms with E-state index in [0.717, 1.165) is 75.6 Å². The van der Waals surface area contributed by atoms with Gasteiger partial charge in [0.05, 0.1) is 58.2 Å². The Hall–Kier alpha value is -5.90. The lowest BCUT2D eigenvalue weighted by Crippen LogP contribution is -2.27. The largest absolute Gasteiger partial charge is 0.382 e. The first kappa shape index (κ1) is 50.6. The van der Waals surface area contributed by atoms with Crippen molar-refractivity contribution in [3.63, 3.8) is 0 Å². The van der Waals surface area contributed by atoms with Crippen LogP contribution in [0.15, 0.2) is 99.7 Å². The molecular weight excluding hydrogens is 1060 g/mol. The maximum atomic E-state index is 13.9. The molecule has 382 valence electrons. The van der Waals surface area contributed by atoms with Crippen LogP contribution in [0.3, 0.4) is 0 Å². The maximum absolute atomic E-state index is 13.9. The molecule has 0 bridgehead atoms. The first-order valence-corrected chi connectivity index (χ1v) is 29.9. The molecule has 0 atom stereocenters. The average molecular weight is 1110 g/mol. The van der Waals surface area contributed by atoms with E-state index in [2.05, 4.69) is 52.3 Å². The van der Waals surface area contributed by atoms with E-state index in [-0.39, 0.29) is 52.6 Å². The van der Waals surface area contributed by atoms with Gasteiger partial charge in [0, 0.05) is 52.3 Å². The molecule has 4 fully saturated rings. The van der Waals surface area contributed by atoms with Gasteiger partial charge in [0.2, 0.25) is 0 Å². The fraction of sp³-hybridized carbons (Fsp3) is 0.385. The third-order valence-corrected chi connectivity index (χ3v) is 18.5. The second kappa shape index (κ2) is 21.1. The summed E-state index contributed by atoms with van der Waals surface area (Å²) in [5.41, 5.74) is 9.44. The van der Waals surface area contributed by atoms with Crippen molar-refractivity contribution in [2.45, 2.75) is 87.2 Å². The van der Waals surface area contributed by atoms with Gasteiger partial charge in [-0.2, -0.15) is 10.2 Å². The minimum absolute atomic E-state index is 0.0254. The molecule has 0 spiro atoms. The van der Waals surface area contributed by atoms with E-state index in [1.165, 1.54) is 23.9 Å². The highest BCUT2D eigenvalue weighted by Gasteiger charge is 2.28. The molecule has 2 saturated carbocycles. The summed E-state index contributed by atoms with van der Waals surface area (Å²) in [6.45, 7) is 5.17. The second-order valence-corrected chi connectivity index (χ2v) is 26.1. The Morgan fingerprint density at radius 2 is 1.12 bits per heavy atom. The van der Waals surface area contributed by atoms with Gasteiger partial charge in [0.1, 0.15) is 35.1 Å². The van der Waals surface area contributed by atoms with Crippen LogP contribution in [0.5, 0.6) is 0 Å². The number of hydrogen-bond donors (Lipinski definition) is 4. The van der Waals surface area contributed by atoms with Gasteiger partial charge in [0.15, 0.2) is 11.3 Å². The summed E-state index contributed by atoms with van der Waals surface area (Å²) in [6, 6.07) is 22.3. The second-order valence-electron chi connectivity index (χ2n) is 19.6. The topological polar surface area (TPSA) is 211 Å². The van der Waals surface area contributed by atoms with Crippen LogP contribution in [0, 0.1) is 31.5 Å². The summed E-state index contributed by atoms with van der Waals surface area (Å²) in [5.74, 6) is 1.10. The van der Waals surface area contributed by atoms with Crippen molar-refractivity contribution in [3.05, 3.63) is 118 Å². The van der Waals surface area contributed by atoms with Gasteiger partial charge < -0.3 is 21.3 Å². The smallest absolute Gasteiger partial charge is 0.251 e. The number of nitrogens with zero attached hydrogens (tertiary/aromatic N) is 6. The van der Waals surface area contributed by atoms with Crippen LogP contribution in [-0.2, 0) is 19.7 Å². The number of rotatable bonds is 14. The summed E-state index contributed by atoms with van der Waals surface area (Å²) < 4.78 is 65.2. The molecule has 0 unspecified atom stereocenters. The van der Waals surface area contributed by atoms with Gasteiger partial charge >= 0.3 is 0 Å². The van der Waals surface area contributed by atoms with Crippen LogP contribution in [0.25, 0.3) is 33.8 Å². The van der Waals surface area contributed by atoms with E-state index >= 15 is 0 Å². The van der Waals surface area contributed by atoms with E-state index < -0.39 is 19.7 Å². The number of carbonyl (C=O) groups excluding carboxylic acids is 2. The summed E-state index contributed by atoms with van der Waals surface area (Å²) in [7, 11) is -5.80. The normalized spacial score (nSPS) is 17.7. The van der Waals surface area contributed by atoms with Gasteiger partial charge in [-0.15, -0.1) is 0 Å². The Morgan fingerprint density at radius 1 is 0.644 bits per heavy atom. The maximum Gasteiger partial charge on any atom is 0.251 e. The molecule has 3 aromatic carbocycles. The predicted molar refractivity (Wildman–Crippen MR) is 285 cm³/mol. The summed E-state index contributed by atoms with van der Waals surface area (Å²) in [6.07, 6.45) is 10.3. The molecule has 6 heterocycles. The van der Waals surface area contributed by atoms with Crippen molar-refractivity contribution in [2.24, 2.45) is 11.8 Å². The van der Waals surface area contributed by atoms with E-state index in [1.54, 1.807) is 27.5 Å². The number of amides is 2. The predicted octanol–water partition coefficient (Wildman–Crippen LogP) is 8.72. The number of hydrogen-bond acceptors (Lipinski definition) is 13. The van der Waals surface area contributed by atoms with Crippen molar-refractivity contribution >= 4 is 81.8 Å². The quantitative estimate of drug-likeness (QED) is 0.0804. The SMILES string of the molecule is Cc1cc(-c2cnc3c(NCC4CCS(=O)(=O)CC4)cc(Br)nn23)ccc1C(=O)NC1CC1.Cc1cc(-c2cnc3c(NCC4CCS(=O)(=O)CC4)cc(Sc4cccc(F)c4)nn23)ccc1C(=O)NC1CC1. The Balaban J connectivity index is 0.000000171. The molecule has 4 aliphatic rings. The third-order valence-electron chi connectivity index (χ3n) is 13.8. The van der Waals surface area contributed by atoms with Crippen molar-refractivity contribution < 1.29 is 30.8 Å². The summed E-state index contributed by atoms with van der Waals surface area (Å²) in [4.78, 5) is 35.1. The minimum atomic E-state index is -2.93. The molecule has 2 aliphatic heterocycles. The zero-order valence-corrected chi connectivity index (χ0v) is 44.4. The summed E-state index contributed by atoms with van der Waals surface area (Å²) >= 11 is 4.85. The van der Waals surface area contributed by atoms with Crippen LogP contribution >= 0.6 is 27.7 Å². The van der Waals surface area contributed by atoms with E-state index in [0.29, 0.717) is 82.8 Å². The van der Waals surface area contributed by atoms with Crippen LogP contribution in [0.1, 0.15) is 83.2 Å². The number of imidazole rings is 2. The highest BCUT2D eigenvalue weighted by molar-refractivity contribution is 9.10. The first-order chi connectivity index (χ1) is 35.0. The van der Waals surface area contributed by atoms with E-state index in [4.69, 9.17) is 5.10 Å². The number of nitrogens with one attached hydrogen (secondary N) is 4. The fourth-order valence-corrected chi connectivity index (χ4v) is 13.6. The third kappa shape index (κ3) is 12.4. The van der Waals surface area contributed by atoms with Gasteiger partial charge in [0.25, 0.3) is 11.8 Å². The highest BCUT2D eigenvalue weighted by atomic mass is 79.9. The molecule has 2 amide bonds. The van der Waals surface area contributed by atoms with Crippen molar-refractivity contribution in [3.8, 4) is 22.5 Å². The molecule has 2 saturated heterocycles. The fourth-order valence-electron chi connectivity index (χ4n) is 9.17. The lowest BCUT2D eigenvalue weighted by molar-refractivity contribution is 0.0942. The Bertz CT molecular complexity index is 3460.